The summed E-state index contributed by atoms with van der Waals surface area (Å²) in [5.41, 5.74) is -0.303. The van der Waals surface area contributed by atoms with Crippen LogP contribution >= 0.6 is 0 Å². The highest BCUT2D eigenvalue weighted by Crippen LogP contribution is 2.14. The molecule has 0 aliphatic rings. The molecule has 22 heavy (non-hydrogen) atoms. The number of rotatable bonds is 4. The lowest BCUT2D eigenvalue weighted by Gasteiger charge is -2.18. The molecule has 0 spiro atoms. The molecule has 3 aromatic rings. The lowest BCUT2D eigenvalue weighted by molar-refractivity contribution is -0.901. The number of Topliss-reactive ketones (excluding diaryl/α,β-unsaturated/α-hetero) is 1. The number of ketones is 1. The van der Waals surface area contributed by atoms with Gasteiger partial charge in [-0.05, 0) is 25.3 Å². The van der Waals surface area contributed by atoms with Gasteiger partial charge in [0.15, 0.2) is 0 Å². The number of hydrogen-bond acceptors (Lipinski definition) is 2. The van der Waals surface area contributed by atoms with Crippen LogP contribution in [0.4, 0.5) is 0 Å². The normalized spacial score (nSPS) is 11.4. The van der Waals surface area contributed by atoms with Crippen LogP contribution in [0.5, 0.6) is 0 Å². The number of nitrogens with zero attached hydrogens (tertiary/aromatic N) is 1. The minimum absolute atomic E-state index is 0.0474. The van der Waals surface area contributed by atoms with E-state index in [-0.39, 0.29) is 5.78 Å². The minimum atomic E-state index is -0.950. The number of benzene rings is 2. The second kappa shape index (κ2) is 5.60. The average Bonchev–Trinajstić information content (AvgIpc) is 2.54. The Morgan fingerprint density at radius 1 is 0.909 bits per heavy atom. The summed E-state index contributed by atoms with van der Waals surface area (Å²) in [6.07, 6.45) is 3.71. The van der Waals surface area contributed by atoms with Crippen molar-refractivity contribution in [2.75, 3.05) is 0 Å². The molecule has 0 unspecified atom stereocenters. The Bertz CT molecular complexity index is 810. The maximum Gasteiger partial charge on any atom is 0.236 e. The molecule has 110 valence electrons. The summed E-state index contributed by atoms with van der Waals surface area (Å²) < 4.78 is 1.60. The largest absolute Gasteiger partial charge is 0.289 e. The van der Waals surface area contributed by atoms with Gasteiger partial charge in [0.2, 0.25) is 23.8 Å². The number of pyridine rings is 1. The molecule has 3 nitrogen and oxygen atoms in total. The molecule has 3 rings (SSSR count). The van der Waals surface area contributed by atoms with E-state index >= 15 is 0 Å². The van der Waals surface area contributed by atoms with Crippen molar-refractivity contribution in [2.24, 2.45) is 0 Å². The molecule has 0 aliphatic carbocycles. The first-order valence-corrected chi connectivity index (χ1v) is 7.26. The molecule has 0 radical (unpaired) electrons. The van der Waals surface area contributed by atoms with Crippen LogP contribution < -0.4 is 9.57 Å². The molecule has 0 saturated heterocycles. The molecule has 0 saturated carbocycles. The smallest absolute Gasteiger partial charge is 0.236 e. The van der Waals surface area contributed by atoms with E-state index in [1.165, 1.54) is 0 Å². The third-order valence-electron chi connectivity index (χ3n) is 3.58. The molecule has 2 aromatic carbocycles. The van der Waals surface area contributed by atoms with Crippen LogP contribution in [0.3, 0.4) is 0 Å². The zero-order valence-electron chi connectivity index (χ0n) is 12.7. The van der Waals surface area contributed by atoms with Crippen molar-refractivity contribution in [3.8, 4) is 0 Å². The van der Waals surface area contributed by atoms with Crippen molar-refractivity contribution in [3.05, 3.63) is 78.6 Å². The van der Waals surface area contributed by atoms with E-state index in [1.54, 1.807) is 30.7 Å². The number of hydrogen-bond donors (Lipinski definition) is 0. The SMILES string of the molecule is CC(C)(O[n+]1ccc2ccccc2c1)C(=O)c1ccccc1. The van der Waals surface area contributed by atoms with E-state index < -0.39 is 5.60 Å². The molecule has 0 amide bonds. The molecule has 0 fully saturated rings. The number of carbonyl (C=O) groups is 1. The van der Waals surface area contributed by atoms with E-state index in [9.17, 15) is 4.79 Å². The van der Waals surface area contributed by atoms with Gasteiger partial charge in [-0.3, -0.25) is 9.63 Å². The Hall–Kier alpha value is -2.68. The van der Waals surface area contributed by atoms with Gasteiger partial charge in [-0.1, -0.05) is 48.5 Å². The van der Waals surface area contributed by atoms with E-state index in [0.29, 0.717) is 5.56 Å². The maximum absolute atomic E-state index is 12.6. The summed E-state index contributed by atoms with van der Waals surface area (Å²) in [4.78, 5) is 18.5. The first-order valence-electron chi connectivity index (χ1n) is 7.26. The molecule has 1 aromatic heterocycles. The molecule has 1 heterocycles. The Labute approximate surface area is 129 Å². The van der Waals surface area contributed by atoms with Crippen LogP contribution in [-0.2, 0) is 0 Å². The predicted molar refractivity (Wildman–Crippen MR) is 85.6 cm³/mol. The Balaban J connectivity index is 1.87. The fourth-order valence-electron chi connectivity index (χ4n) is 2.41. The van der Waals surface area contributed by atoms with Crippen molar-refractivity contribution >= 4 is 16.6 Å². The Morgan fingerprint density at radius 3 is 2.27 bits per heavy atom. The van der Waals surface area contributed by atoms with Crippen LogP contribution in [-0.4, -0.2) is 11.4 Å². The van der Waals surface area contributed by atoms with E-state index in [4.69, 9.17) is 4.84 Å². The van der Waals surface area contributed by atoms with Gasteiger partial charge in [-0.25, -0.2) is 0 Å². The van der Waals surface area contributed by atoms with Gasteiger partial charge < -0.3 is 0 Å². The van der Waals surface area contributed by atoms with Crippen molar-refractivity contribution in [1.82, 2.24) is 0 Å². The van der Waals surface area contributed by atoms with Crippen LogP contribution in [0.15, 0.2) is 73.1 Å². The summed E-state index contributed by atoms with van der Waals surface area (Å²) in [5.74, 6) is -0.0474. The van der Waals surface area contributed by atoms with E-state index in [2.05, 4.69) is 0 Å². The second-order valence-corrected chi connectivity index (χ2v) is 5.73. The topological polar surface area (TPSA) is 30.2 Å². The lowest BCUT2D eigenvalue weighted by atomic mass is 9.97. The zero-order valence-corrected chi connectivity index (χ0v) is 12.7. The fraction of sp³-hybridized carbons (Fsp3) is 0.158. The van der Waals surface area contributed by atoms with Gasteiger partial charge in [0.05, 0.1) is 5.39 Å². The maximum atomic E-state index is 12.6. The van der Waals surface area contributed by atoms with Gasteiger partial charge in [0.1, 0.15) is 0 Å². The monoisotopic (exact) mass is 292 g/mol. The van der Waals surface area contributed by atoms with Crippen LogP contribution in [0.1, 0.15) is 24.2 Å². The van der Waals surface area contributed by atoms with Gasteiger partial charge >= 0.3 is 0 Å². The summed E-state index contributed by atoms with van der Waals surface area (Å²) in [7, 11) is 0. The first-order chi connectivity index (χ1) is 10.6. The highest BCUT2D eigenvalue weighted by molar-refractivity contribution is 6.01. The number of aromatic nitrogens is 1. The molecule has 0 aliphatic heterocycles. The quantitative estimate of drug-likeness (QED) is 0.546. The van der Waals surface area contributed by atoms with Crippen molar-refractivity contribution < 1.29 is 14.4 Å². The highest BCUT2D eigenvalue weighted by Gasteiger charge is 2.35. The molecule has 0 N–H and O–H groups in total. The highest BCUT2D eigenvalue weighted by atomic mass is 16.7. The van der Waals surface area contributed by atoms with Gasteiger partial charge in [-0.2, -0.15) is 0 Å². The van der Waals surface area contributed by atoms with E-state index in [0.717, 1.165) is 10.8 Å². The van der Waals surface area contributed by atoms with Crippen LogP contribution in [0, 0.1) is 0 Å². The predicted octanol–water partition coefficient (Wildman–Crippen LogP) is 3.22. The summed E-state index contributed by atoms with van der Waals surface area (Å²) in [6.45, 7) is 3.56. The van der Waals surface area contributed by atoms with Gasteiger partial charge in [0, 0.05) is 16.4 Å². The van der Waals surface area contributed by atoms with Gasteiger partial charge in [0.25, 0.3) is 0 Å². The second-order valence-electron chi connectivity index (χ2n) is 5.73. The summed E-state index contributed by atoms with van der Waals surface area (Å²) in [6, 6.07) is 19.2. The van der Waals surface area contributed by atoms with Crippen molar-refractivity contribution in [3.63, 3.8) is 0 Å². The third-order valence-corrected chi connectivity index (χ3v) is 3.58. The van der Waals surface area contributed by atoms with Crippen molar-refractivity contribution in [1.29, 1.82) is 0 Å². The zero-order chi connectivity index (χ0) is 15.6. The Kier molecular flexibility index (Phi) is 3.63. The lowest BCUT2D eigenvalue weighted by Crippen LogP contribution is -2.56. The number of carbonyl (C=O) groups excluding carboxylic acids is 1. The van der Waals surface area contributed by atoms with Crippen LogP contribution in [0.25, 0.3) is 10.8 Å². The molecular weight excluding hydrogens is 274 g/mol. The standard InChI is InChI=1S/C19H18NO2/c1-19(2,18(21)16-9-4-3-5-10-16)22-20-13-12-15-8-6-7-11-17(15)14-20/h3-14H,1-2H3/q+1. The van der Waals surface area contributed by atoms with Crippen molar-refractivity contribution in [2.45, 2.75) is 19.4 Å². The fourth-order valence-corrected chi connectivity index (χ4v) is 2.41. The molecule has 0 atom stereocenters. The molecule has 0 bridgehead atoms. The molecular formula is C19H18NO2+. The number of fused-ring (bicyclic) bond motifs is 1. The van der Waals surface area contributed by atoms with Gasteiger partial charge in [-0.15, -0.1) is 0 Å². The summed E-state index contributed by atoms with van der Waals surface area (Å²) in [5, 5.41) is 2.20. The minimum Gasteiger partial charge on any atom is -0.289 e. The third kappa shape index (κ3) is 2.84. The first kappa shape index (κ1) is 14.3. The molecule has 3 heteroatoms. The summed E-state index contributed by atoms with van der Waals surface area (Å²) >= 11 is 0. The van der Waals surface area contributed by atoms with E-state index in [1.807, 2.05) is 60.9 Å². The Morgan fingerprint density at radius 2 is 1.55 bits per heavy atom. The average molecular weight is 292 g/mol. The van der Waals surface area contributed by atoms with Crippen LogP contribution in [0.2, 0.25) is 0 Å².